The first-order chi connectivity index (χ1) is 9.00. The third kappa shape index (κ3) is 2.62. The predicted molar refractivity (Wildman–Crippen MR) is 64.3 cm³/mol. The van der Waals surface area contributed by atoms with Crippen molar-refractivity contribution in [2.75, 3.05) is 4.90 Å². The van der Waals surface area contributed by atoms with Gasteiger partial charge in [-0.2, -0.15) is 0 Å². The Kier molecular flexibility index (Phi) is 3.59. The summed E-state index contributed by atoms with van der Waals surface area (Å²) >= 11 is 0. The molecule has 1 fully saturated rings. The average Bonchev–Trinajstić information content (AvgIpc) is 2.50. The van der Waals surface area contributed by atoms with Crippen molar-refractivity contribution in [2.24, 2.45) is 0 Å². The minimum atomic E-state index is -1.31. The van der Waals surface area contributed by atoms with E-state index in [-0.39, 0.29) is 24.1 Å². The summed E-state index contributed by atoms with van der Waals surface area (Å²) in [6.07, 6.45) is 1.44. The smallest absolute Gasteiger partial charge is 0.337 e. The van der Waals surface area contributed by atoms with E-state index in [4.69, 9.17) is 5.11 Å². The first-order valence-corrected chi connectivity index (χ1v) is 5.89. The molecule has 0 spiro atoms. The molecule has 19 heavy (non-hydrogen) atoms. The number of carboxylic acids is 1. The number of carbonyl (C=O) groups is 3. The number of benzene rings is 1. The van der Waals surface area contributed by atoms with E-state index in [9.17, 15) is 18.8 Å². The van der Waals surface area contributed by atoms with Gasteiger partial charge in [-0.15, -0.1) is 0 Å². The maximum atomic E-state index is 13.3. The molecule has 0 atom stereocenters. The van der Waals surface area contributed by atoms with Crippen molar-refractivity contribution in [3.63, 3.8) is 0 Å². The first-order valence-electron chi connectivity index (χ1n) is 5.89. The van der Waals surface area contributed by atoms with Crippen LogP contribution in [0.15, 0.2) is 18.2 Å². The van der Waals surface area contributed by atoms with E-state index in [2.05, 4.69) is 0 Å². The SMILES string of the molecule is O=C(O)c1ccc(F)cc1N1C(=O)CCCCC1=O. The summed E-state index contributed by atoms with van der Waals surface area (Å²) in [5.74, 6) is -2.98. The van der Waals surface area contributed by atoms with Crippen LogP contribution >= 0.6 is 0 Å². The van der Waals surface area contributed by atoms with Crippen LogP contribution in [-0.4, -0.2) is 22.9 Å². The van der Waals surface area contributed by atoms with Gasteiger partial charge in [0, 0.05) is 12.8 Å². The van der Waals surface area contributed by atoms with E-state index >= 15 is 0 Å². The number of amides is 2. The summed E-state index contributed by atoms with van der Waals surface area (Å²) in [7, 11) is 0. The number of imide groups is 1. The molecule has 1 saturated heterocycles. The zero-order chi connectivity index (χ0) is 14.0. The monoisotopic (exact) mass is 265 g/mol. The lowest BCUT2D eigenvalue weighted by Crippen LogP contribution is -2.36. The molecule has 1 aromatic rings. The van der Waals surface area contributed by atoms with Crippen LogP contribution < -0.4 is 4.90 Å². The Morgan fingerprint density at radius 1 is 1.16 bits per heavy atom. The zero-order valence-electron chi connectivity index (χ0n) is 10.1. The summed E-state index contributed by atoms with van der Waals surface area (Å²) in [4.78, 5) is 35.7. The van der Waals surface area contributed by atoms with Crippen LogP contribution in [0.25, 0.3) is 0 Å². The molecule has 1 heterocycles. The van der Waals surface area contributed by atoms with E-state index in [1.165, 1.54) is 0 Å². The summed E-state index contributed by atoms with van der Waals surface area (Å²) in [5.41, 5.74) is -0.450. The van der Waals surface area contributed by atoms with Crippen LogP contribution in [0, 0.1) is 5.82 Å². The van der Waals surface area contributed by atoms with Gasteiger partial charge in [0.15, 0.2) is 0 Å². The van der Waals surface area contributed by atoms with Crippen LogP contribution in [0.3, 0.4) is 0 Å². The molecule has 0 radical (unpaired) electrons. The molecule has 0 aromatic heterocycles. The van der Waals surface area contributed by atoms with Crippen LogP contribution in [0.5, 0.6) is 0 Å². The maximum Gasteiger partial charge on any atom is 0.337 e. The van der Waals surface area contributed by atoms with Gasteiger partial charge in [-0.25, -0.2) is 14.1 Å². The third-order valence-electron chi connectivity index (χ3n) is 2.96. The van der Waals surface area contributed by atoms with Gasteiger partial charge >= 0.3 is 5.97 Å². The number of halogens is 1. The van der Waals surface area contributed by atoms with E-state index in [0.717, 1.165) is 23.1 Å². The Hall–Kier alpha value is -2.24. The minimum absolute atomic E-state index is 0.154. The minimum Gasteiger partial charge on any atom is -0.478 e. The van der Waals surface area contributed by atoms with Gasteiger partial charge in [0.1, 0.15) is 5.82 Å². The van der Waals surface area contributed by atoms with Crippen molar-refractivity contribution >= 4 is 23.5 Å². The van der Waals surface area contributed by atoms with Crippen molar-refractivity contribution in [3.05, 3.63) is 29.6 Å². The van der Waals surface area contributed by atoms with Gasteiger partial charge in [0.2, 0.25) is 11.8 Å². The highest BCUT2D eigenvalue weighted by Crippen LogP contribution is 2.26. The molecule has 0 aliphatic carbocycles. The molecule has 1 N–H and O–H groups in total. The summed E-state index contributed by atoms with van der Waals surface area (Å²) in [6.45, 7) is 0. The molecule has 0 saturated carbocycles. The molecule has 2 rings (SSSR count). The fraction of sp³-hybridized carbons (Fsp3) is 0.308. The van der Waals surface area contributed by atoms with Gasteiger partial charge in [-0.05, 0) is 31.0 Å². The lowest BCUT2D eigenvalue weighted by atomic mass is 10.1. The van der Waals surface area contributed by atoms with Crippen LogP contribution in [0.2, 0.25) is 0 Å². The highest BCUT2D eigenvalue weighted by Gasteiger charge is 2.29. The Bertz CT molecular complexity index is 538. The summed E-state index contributed by atoms with van der Waals surface area (Å²) in [6, 6.07) is 2.95. The van der Waals surface area contributed by atoms with Crippen LogP contribution in [0.4, 0.5) is 10.1 Å². The van der Waals surface area contributed by atoms with Crippen molar-refractivity contribution in [3.8, 4) is 0 Å². The second kappa shape index (κ2) is 5.17. The normalized spacial score (nSPS) is 16.4. The molecule has 1 aliphatic rings. The first kappa shape index (κ1) is 13.2. The largest absolute Gasteiger partial charge is 0.478 e. The van der Waals surface area contributed by atoms with E-state index < -0.39 is 23.6 Å². The summed E-state index contributed by atoms with van der Waals surface area (Å²) in [5, 5.41) is 9.06. The highest BCUT2D eigenvalue weighted by atomic mass is 19.1. The van der Waals surface area contributed by atoms with Gasteiger partial charge in [-0.3, -0.25) is 9.59 Å². The standard InChI is InChI=1S/C13H12FNO4/c14-8-5-6-9(13(18)19)10(7-8)15-11(16)3-1-2-4-12(15)17/h5-7H,1-4H2,(H,18,19). The van der Waals surface area contributed by atoms with Gasteiger partial charge in [-0.1, -0.05) is 0 Å². The molecule has 100 valence electrons. The quantitative estimate of drug-likeness (QED) is 0.829. The van der Waals surface area contributed by atoms with E-state index in [0.29, 0.717) is 12.8 Å². The number of carboxylic acid groups (broad SMARTS) is 1. The zero-order valence-corrected chi connectivity index (χ0v) is 10.1. The number of nitrogens with zero attached hydrogens (tertiary/aromatic N) is 1. The van der Waals surface area contributed by atoms with Gasteiger partial charge < -0.3 is 5.11 Å². The number of aromatic carboxylic acids is 1. The lowest BCUT2D eigenvalue weighted by Gasteiger charge is -2.20. The molecular weight excluding hydrogens is 253 g/mol. The molecule has 6 heteroatoms. The Labute approximate surface area is 108 Å². The average molecular weight is 265 g/mol. The van der Waals surface area contributed by atoms with Gasteiger partial charge in [0.05, 0.1) is 11.3 Å². The Morgan fingerprint density at radius 2 is 1.74 bits per heavy atom. The van der Waals surface area contributed by atoms with Crippen molar-refractivity contribution in [2.45, 2.75) is 25.7 Å². The van der Waals surface area contributed by atoms with E-state index in [1.54, 1.807) is 0 Å². The van der Waals surface area contributed by atoms with Crippen molar-refractivity contribution in [1.29, 1.82) is 0 Å². The number of anilines is 1. The number of carbonyl (C=O) groups excluding carboxylic acids is 2. The molecule has 0 unspecified atom stereocenters. The topological polar surface area (TPSA) is 74.7 Å². The highest BCUT2D eigenvalue weighted by molar-refractivity contribution is 6.17. The number of hydrogen-bond donors (Lipinski definition) is 1. The predicted octanol–water partition coefficient (Wildman–Crippen LogP) is 1.96. The fourth-order valence-corrected chi connectivity index (χ4v) is 2.05. The molecule has 1 aliphatic heterocycles. The number of hydrogen-bond acceptors (Lipinski definition) is 3. The molecular formula is C13H12FNO4. The third-order valence-corrected chi connectivity index (χ3v) is 2.96. The second-order valence-electron chi connectivity index (χ2n) is 4.30. The Balaban J connectivity index is 2.54. The van der Waals surface area contributed by atoms with Crippen molar-refractivity contribution in [1.82, 2.24) is 0 Å². The lowest BCUT2D eigenvalue weighted by molar-refractivity contribution is -0.125. The Morgan fingerprint density at radius 3 is 2.26 bits per heavy atom. The molecule has 1 aromatic carbocycles. The van der Waals surface area contributed by atoms with Crippen LogP contribution in [0.1, 0.15) is 36.0 Å². The maximum absolute atomic E-state index is 13.3. The van der Waals surface area contributed by atoms with Gasteiger partial charge in [0.25, 0.3) is 0 Å². The summed E-state index contributed by atoms with van der Waals surface area (Å²) < 4.78 is 13.3. The second-order valence-corrected chi connectivity index (χ2v) is 4.30. The molecule has 0 bridgehead atoms. The van der Waals surface area contributed by atoms with Crippen molar-refractivity contribution < 1.29 is 23.9 Å². The van der Waals surface area contributed by atoms with Crippen LogP contribution in [-0.2, 0) is 9.59 Å². The van der Waals surface area contributed by atoms with E-state index in [1.807, 2.05) is 0 Å². The molecule has 2 amide bonds. The fourth-order valence-electron chi connectivity index (χ4n) is 2.05. The number of rotatable bonds is 2. The molecule has 5 nitrogen and oxygen atoms in total.